The maximum Gasteiger partial charge on any atom is 0.343 e. The van der Waals surface area contributed by atoms with Gasteiger partial charge < -0.3 is 9.47 Å². The van der Waals surface area contributed by atoms with Crippen LogP contribution in [0.15, 0.2) is 46.9 Å². The van der Waals surface area contributed by atoms with Crippen molar-refractivity contribution in [1.82, 2.24) is 0 Å². The first-order valence-electron chi connectivity index (χ1n) is 8.25. The highest BCUT2D eigenvalue weighted by molar-refractivity contribution is 9.10. The van der Waals surface area contributed by atoms with E-state index in [1.54, 1.807) is 18.2 Å². The van der Waals surface area contributed by atoms with Crippen LogP contribution in [-0.4, -0.2) is 12.6 Å². The maximum absolute atomic E-state index is 12.3. The first-order valence-corrected chi connectivity index (χ1v) is 9.05. The Labute approximate surface area is 152 Å². The summed E-state index contributed by atoms with van der Waals surface area (Å²) in [5, 5.41) is 0. The molecule has 0 radical (unpaired) electrons. The third kappa shape index (κ3) is 5.10. The molecule has 24 heavy (non-hydrogen) atoms. The Kier molecular flexibility index (Phi) is 6.85. The zero-order valence-corrected chi connectivity index (χ0v) is 15.9. The van der Waals surface area contributed by atoms with Gasteiger partial charge in [0, 0.05) is 0 Å². The van der Waals surface area contributed by atoms with Crippen molar-refractivity contribution in [3.63, 3.8) is 0 Å². The van der Waals surface area contributed by atoms with Crippen molar-refractivity contribution in [1.29, 1.82) is 0 Å². The Bertz CT molecular complexity index is 678. The van der Waals surface area contributed by atoms with Crippen molar-refractivity contribution >= 4 is 21.9 Å². The molecular formula is C20H23BrO3. The molecule has 0 fully saturated rings. The molecular weight excluding hydrogens is 368 g/mol. The Morgan fingerprint density at radius 1 is 1.12 bits per heavy atom. The summed E-state index contributed by atoms with van der Waals surface area (Å²) in [5.41, 5.74) is 1.70. The molecule has 4 heteroatoms. The van der Waals surface area contributed by atoms with E-state index in [0.29, 0.717) is 23.8 Å². The van der Waals surface area contributed by atoms with Crippen LogP contribution >= 0.6 is 15.9 Å². The quantitative estimate of drug-likeness (QED) is 0.331. The lowest BCUT2D eigenvalue weighted by Gasteiger charge is -2.10. The molecule has 0 aliphatic rings. The van der Waals surface area contributed by atoms with Crippen molar-refractivity contribution in [2.45, 2.75) is 39.5 Å². The summed E-state index contributed by atoms with van der Waals surface area (Å²) in [4.78, 5) is 12.3. The lowest BCUT2D eigenvalue weighted by atomic mass is 10.0. The number of ether oxygens (including phenoxy) is 2. The predicted molar refractivity (Wildman–Crippen MR) is 100 cm³/mol. The number of benzene rings is 2. The van der Waals surface area contributed by atoms with Gasteiger partial charge in [-0.05, 0) is 64.2 Å². The van der Waals surface area contributed by atoms with Gasteiger partial charge in [-0.2, -0.15) is 0 Å². The SMILES string of the molecule is CCCCOc1ccc(C(=O)Oc2ccc(C(C)C)cc2)cc1Br. The van der Waals surface area contributed by atoms with Gasteiger partial charge in [-0.25, -0.2) is 4.79 Å². The summed E-state index contributed by atoms with van der Waals surface area (Å²) < 4.78 is 11.8. The molecule has 0 spiro atoms. The molecule has 0 N–H and O–H groups in total. The molecule has 2 aromatic carbocycles. The van der Waals surface area contributed by atoms with Crippen LogP contribution in [0, 0.1) is 0 Å². The lowest BCUT2D eigenvalue weighted by molar-refractivity contribution is 0.0734. The zero-order valence-electron chi connectivity index (χ0n) is 14.3. The zero-order chi connectivity index (χ0) is 17.5. The fourth-order valence-electron chi connectivity index (χ4n) is 2.16. The topological polar surface area (TPSA) is 35.5 Å². The minimum absolute atomic E-state index is 0.381. The van der Waals surface area contributed by atoms with Gasteiger partial charge in [0.2, 0.25) is 0 Å². The fraction of sp³-hybridized carbons (Fsp3) is 0.350. The van der Waals surface area contributed by atoms with Gasteiger partial charge in [-0.1, -0.05) is 39.3 Å². The van der Waals surface area contributed by atoms with E-state index in [-0.39, 0.29) is 5.97 Å². The molecule has 3 nitrogen and oxygen atoms in total. The van der Waals surface area contributed by atoms with E-state index in [4.69, 9.17) is 9.47 Å². The van der Waals surface area contributed by atoms with Gasteiger partial charge in [0.25, 0.3) is 0 Å². The Morgan fingerprint density at radius 2 is 1.83 bits per heavy atom. The van der Waals surface area contributed by atoms with Gasteiger partial charge in [0.05, 0.1) is 16.6 Å². The van der Waals surface area contributed by atoms with Crippen molar-refractivity contribution in [2.75, 3.05) is 6.61 Å². The number of carbonyl (C=O) groups is 1. The van der Waals surface area contributed by atoms with E-state index >= 15 is 0 Å². The molecule has 0 bridgehead atoms. The fourth-order valence-corrected chi connectivity index (χ4v) is 2.65. The highest BCUT2D eigenvalue weighted by Gasteiger charge is 2.12. The second kappa shape index (κ2) is 8.88. The van der Waals surface area contributed by atoms with Gasteiger partial charge in [0.1, 0.15) is 11.5 Å². The van der Waals surface area contributed by atoms with E-state index in [2.05, 4.69) is 36.7 Å². The van der Waals surface area contributed by atoms with Crippen LogP contribution in [0.2, 0.25) is 0 Å². The van der Waals surface area contributed by atoms with Crippen LogP contribution in [0.25, 0.3) is 0 Å². The Hall–Kier alpha value is -1.81. The van der Waals surface area contributed by atoms with Crippen molar-refractivity contribution < 1.29 is 14.3 Å². The molecule has 0 atom stereocenters. The number of unbranched alkanes of at least 4 members (excludes halogenated alkanes) is 1. The number of esters is 1. The molecule has 0 aliphatic carbocycles. The monoisotopic (exact) mass is 390 g/mol. The van der Waals surface area contributed by atoms with Gasteiger partial charge in [-0.15, -0.1) is 0 Å². The number of carbonyl (C=O) groups excluding carboxylic acids is 1. The van der Waals surface area contributed by atoms with Crippen LogP contribution in [0.5, 0.6) is 11.5 Å². The summed E-state index contributed by atoms with van der Waals surface area (Å²) in [6, 6.07) is 12.8. The third-order valence-corrected chi connectivity index (χ3v) is 4.30. The minimum Gasteiger partial charge on any atom is -0.492 e. The molecule has 0 saturated heterocycles. The smallest absolute Gasteiger partial charge is 0.343 e. The second-order valence-corrected chi connectivity index (χ2v) is 6.81. The second-order valence-electron chi connectivity index (χ2n) is 5.96. The molecule has 0 amide bonds. The summed E-state index contributed by atoms with van der Waals surface area (Å²) in [5.74, 6) is 1.35. The van der Waals surface area contributed by atoms with Gasteiger partial charge >= 0.3 is 5.97 Å². The molecule has 0 aromatic heterocycles. The average Bonchev–Trinajstić information content (AvgIpc) is 2.57. The van der Waals surface area contributed by atoms with Crippen LogP contribution in [0.4, 0.5) is 0 Å². The van der Waals surface area contributed by atoms with E-state index < -0.39 is 0 Å². The summed E-state index contributed by atoms with van der Waals surface area (Å²) in [6.07, 6.45) is 2.08. The lowest BCUT2D eigenvalue weighted by Crippen LogP contribution is -2.09. The number of rotatable bonds is 7. The van der Waals surface area contributed by atoms with Crippen LogP contribution < -0.4 is 9.47 Å². The highest BCUT2D eigenvalue weighted by Crippen LogP contribution is 2.27. The molecule has 0 unspecified atom stereocenters. The maximum atomic E-state index is 12.3. The number of halogens is 1. The first-order chi connectivity index (χ1) is 11.5. The molecule has 0 saturated carbocycles. The summed E-state index contributed by atoms with van der Waals surface area (Å²) >= 11 is 3.45. The summed E-state index contributed by atoms with van der Waals surface area (Å²) in [7, 11) is 0. The van der Waals surface area contributed by atoms with Crippen LogP contribution in [0.1, 0.15) is 55.5 Å². The van der Waals surface area contributed by atoms with Crippen molar-refractivity contribution in [2.24, 2.45) is 0 Å². The first kappa shape index (κ1) is 18.5. The predicted octanol–water partition coefficient (Wildman–Crippen LogP) is 5.97. The van der Waals surface area contributed by atoms with Gasteiger partial charge in [0.15, 0.2) is 0 Å². The summed E-state index contributed by atoms with van der Waals surface area (Å²) in [6.45, 7) is 7.04. The highest BCUT2D eigenvalue weighted by atomic mass is 79.9. The largest absolute Gasteiger partial charge is 0.492 e. The van der Waals surface area contributed by atoms with E-state index in [9.17, 15) is 4.79 Å². The average molecular weight is 391 g/mol. The standard InChI is InChI=1S/C20H23BrO3/c1-4-5-12-23-19-11-8-16(13-18(19)21)20(22)24-17-9-6-15(7-10-17)14(2)3/h6-11,13-14H,4-5,12H2,1-3H3. The van der Waals surface area contributed by atoms with E-state index in [1.807, 2.05) is 24.3 Å². The van der Waals surface area contributed by atoms with E-state index in [1.165, 1.54) is 5.56 Å². The molecule has 0 aliphatic heterocycles. The van der Waals surface area contributed by atoms with Gasteiger partial charge in [-0.3, -0.25) is 0 Å². The Morgan fingerprint density at radius 3 is 2.42 bits per heavy atom. The van der Waals surface area contributed by atoms with Crippen molar-refractivity contribution in [3.05, 3.63) is 58.1 Å². The van der Waals surface area contributed by atoms with Crippen LogP contribution in [-0.2, 0) is 0 Å². The minimum atomic E-state index is -0.381. The van der Waals surface area contributed by atoms with Crippen molar-refractivity contribution in [3.8, 4) is 11.5 Å². The number of hydrogen-bond acceptors (Lipinski definition) is 3. The molecule has 2 aromatic rings. The normalized spacial score (nSPS) is 10.7. The van der Waals surface area contributed by atoms with Crippen LogP contribution in [0.3, 0.4) is 0 Å². The number of hydrogen-bond donors (Lipinski definition) is 0. The molecule has 0 heterocycles. The third-order valence-electron chi connectivity index (χ3n) is 3.68. The van der Waals surface area contributed by atoms with E-state index in [0.717, 1.165) is 23.1 Å². The molecule has 2 rings (SSSR count). The molecule has 128 valence electrons. The Balaban J connectivity index is 2.02.